The molecule has 6 rings (SSSR count). The van der Waals surface area contributed by atoms with Crippen molar-refractivity contribution in [3.63, 3.8) is 0 Å². The van der Waals surface area contributed by atoms with Crippen LogP contribution in [0, 0.1) is 0 Å². The molecule has 5 aromatic rings. The van der Waals surface area contributed by atoms with Gasteiger partial charge in [0.25, 0.3) is 0 Å². The van der Waals surface area contributed by atoms with Crippen LogP contribution in [0.1, 0.15) is 29.0 Å². The zero-order valence-electron chi connectivity index (χ0n) is 21.9. The number of carbonyl (C=O) groups excluding carboxylic acids is 1. The first kappa shape index (κ1) is 25.0. The second kappa shape index (κ2) is 11.6. The molecule has 4 aromatic carbocycles. The summed E-state index contributed by atoms with van der Waals surface area (Å²) in [6, 6.07) is 36.9. The number of rotatable bonds is 8. The summed E-state index contributed by atoms with van der Waals surface area (Å²) in [6.45, 7) is 3.22. The Kier molecular flexibility index (Phi) is 7.41. The molecule has 0 saturated carbocycles. The van der Waals surface area contributed by atoms with Crippen LogP contribution in [0.15, 0.2) is 115 Å². The second-order valence-corrected chi connectivity index (χ2v) is 9.95. The van der Waals surface area contributed by atoms with E-state index in [0.717, 1.165) is 34.7 Å². The number of hydrogen-bond acceptors (Lipinski definition) is 3. The summed E-state index contributed by atoms with van der Waals surface area (Å²) in [5.74, 6) is 1.57. The minimum Gasteiger partial charge on any atom is -0.457 e. The van der Waals surface area contributed by atoms with E-state index in [4.69, 9.17) is 9.47 Å². The number of para-hydroxylation sites is 2. The predicted molar refractivity (Wildman–Crippen MR) is 154 cm³/mol. The van der Waals surface area contributed by atoms with Gasteiger partial charge < -0.3 is 18.9 Å². The maximum absolute atomic E-state index is 13.6. The fourth-order valence-corrected chi connectivity index (χ4v) is 5.41. The number of benzene rings is 4. The van der Waals surface area contributed by atoms with Crippen molar-refractivity contribution in [1.82, 2.24) is 9.47 Å². The monoisotopic (exact) mass is 516 g/mol. The third-order valence-corrected chi connectivity index (χ3v) is 7.37. The Balaban J connectivity index is 1.40. The van der Waals surface area contributed by atoms with Crippen LogP contribution in [-0.4, -0.2) is 41.7 Å². The van der Waals surface area contributed by atoms with Crippen LogP contribution >= 0.6 is 0 Å². The smallest absolute Gasteiger partial charge is 0.223 e. The van der Waals surface area contributed by atoms with E-state index in [1.165, 1.54) is 10.9 Å². The van der Waals surface area contributed by atoms with Gasteiger partial charge in [-0.2, -0.15) is 0 Å². The van der Waals surface area contributed by atoms with E-state index in [1.54, 1.807) is 0 Å². The molecular weight excluding hydrogens is 484 g/mol. The molecule has 1 aromatic heterocycles. The zero-order chi connectivity index (χ0) is 26.4. The molecule has 0 spiro atoms. The third kappa shape index (κ3) is 5.74. The zero-order valence-corrected chi connectivity index (χ0v) is 21.9. The summed E-state index contributed by atoms with van der Waals surface area (Å²) in [5, 5.41) is 1.17. The third-order valence-electron chi connectivity index (χ3n) is 7.37. The van der Waals surface area contributed by atoms with Gasteiger partial charge in [0, 0.05) is 49.1 Å². The molecule has 1 saturated heterocycles. The van der Waals surface area contributed by atoms with Crippen LogP contribution in [0.25, 0.3) is 10.9 Å². The highest BCUT2D eigenvalue weighted by molar-refractivity contribution is 5.87. The SMILES string of the molecule is O=C(C[C@H](c1cccc(Oc2ccccc2)c1)c1cn(Cc2ccccc2)c2ccccc12)N1CCOCC1. The Labute approximate surface area is 229 Å². The van der Waals surface area contributed by atoms with Gasteiger partial charge in [-0.25, -0.2) is 0 Å². The summed E-state index contributed by atoms with van der Waals surface area (Å²) < 4.78 is 14.0. The average Bonchev–Trinajstić information content (AvgIpc) is 3.35. The van der Waals surface area contributed by atoms with Gasteiger partial charge in [-0.3, -0.25) is 4.79 Å². The maximum atomic E-state index is 13.6. The van der Waals surface area contributed by atoms with Crippen molar-refractivity contribution in [2.75, 3.05) is 26.3 Å². The maximum Gasteiger partial charge on any atom is 0.223 e. The van der Waals surface area contributed by atoms with E-state index in [2.05, 4.69) is 71.4 Å². The van der Waals surface area contributed by atoms with Crippen molar-refractivity contribution in [2.45, 2.75) is 18.9 Å². The Hall–Kier alpha value is -4.35. The van der Waals surface area contributed by atoms with E-state index in [9.17, 15) is 4.79 Å². The lowest BCUT2D eigenvalue weighted by atomic mass is 9.87. The number of nitrogens with zero attached hydrogens (tertiary/aromatic N) is 2. The number of morpholine rings is 1. The lowest BCUT2D eigenvalue weighted by Gasteiger charge is -2.29. The average molecular weight is 517 g/mol. The largest absolute Gasteiger partial charge is 0.457 e. The Morgan fingerprint density at radius 2 is 1.49 bits per heavy atom. The molecule has 5 nitrogen and oxygen atoms in total. The van der Waals surface area contributed by atoms with Crippen molar-refractivity contribution >= 4 is 16.8 Å². The molecule has 1 aliphatic heterocycles. The lowest BCUT2D eigenvalue weighted by Crippen LogP contribution is -2.41. The number of fused-ring (bicyclic) bond motifs is 1. The van der Waals surface area contributed by atoms with Crippen LogP contribution in [0.2, 0.25) is 0 Å². The number of amides is 1. The highest BCUT2D eigenvalue weighted by atomic mass is 16.5. The van der Waals surface area contributed by atoms with Crippen molar-refractivity contribution in [3.8, 4) is 11.5 Å². The van der Waals surface area contributed by atoms with E-state index < -0.39 is 0 Å². The Morgan fingerprint density at radius 3 is 2.28 bits per heavy atom. The van der Waals surface area contributed by atoms with Crippen molar-refractivity contribution in [1.29, 1.82) is 0 Å². The van der Waals surface area contributed by atoms with E-state index >= 15 is 0 Å². The molecular formula is C34H32N2O3. The van der Waals surface area contributed by atoms with E-state index in [-0.39, 0.29) is 11.8 Å². The highest BCUT2D eigenvalue weighted by Gasteiger charge is 2.26. The standard InChI is InChI=1S/C34H32N2O3/c37-34(35-18-20-38-21-19-35)23-31(27-12-9-15-29(22-27)39-28-13-5-2-6-14-28)32-25-36(24-26-10-3-1-4-11-26)33-17-8-7-16-30(32)33/h1-17,22,25,31H,18-21,23-24H2/t31-/m1/s1. The number of aromatic nitrogens is 1. The van der Waals surface area contributed by atoms with Crippen LogP contribution in [0.5, 0.6) is 11.5 Å². The first-order valence-electron chi connectivity index (χ1n) is 13.5. The molecule has 2 heterocycles. The topological polar surface area (TPSA) is 43.7 Å². The van der Waals surface area contributed by atoms with Crippen LogP contribution in [-0.2, 0) is 16.1 Å². The number of ether oxygens (including phenoxy) is 2. The first-order chi connectivity index (χ1) is 19.2. The summed E-state index contributed by atoms with van der Waals surface area (Å²) in [4.78, 5) is 15.5. The second-order valence-electron chi connectivity index (χ2n) is 9.95. The van der Waals surface area contributed by atoms with Crippen molar-refractivity contribution in [2.24, 2.45) is 0 Å². The molecule has 1 aliphatic rings. The summed E-state index contributed by atoms with van der Waals surface area (Å²) in [7, 11) is 0. The molecule has 196 valence electrons. The number of carbonyl (C=O) groups is 1. The minimum absolute atomic E-state index is 0.124. The predicted octanol–water partition coefficient (Wildman–Crippen LogP) is 6.86. The Bertz CT molecular complexity index is 1540. The minimum atomic E-state index is -0.124. The van der Waals surface area contributed by atoms with Crippen LogP contribution in [0.3, 0.4) is 0 Å². The van der Waals surface area contributed by atoms with Crippen LogP contribution < -0.4 is 4.74 Å². The molecule has 39 heavy (non-hydrogen) atoms. The fourth-order valence-electron chi connectivity index (χ4n) is 5.41. The van der Waals surface area contributed by atoms with Crippen molar-refractivity contribution < 1.29 is 14.3 Å². The molecule has 0 N–H and O–H groups in total. The molecule has 0 bridgehead atoms. The molecule has 1 amide bonds. The lowest BCUT2D eigenvalue weighted by molar-refractivity contribution is -0.135. The van der Waals surface area contributed by atoms with Gasteiger partial charge in [-0.1, -0.05) is 78.9 Å². The quantitative estimate of drug-likeness (QED) is 0.226. The van der Waals surface area contributed by atoms with E-state index in [0.29, 0.717) is 32.7 Å². The van der Waals surface area contributed by atoms with Gasteiger partial charge in [0.2, 0.25) is 5.91 Å². The summed E-state index contributed by atoms with van der Waals surface area (Å²) >= 11 is 0. The molecule has 5 heteroatoms. The normalized spacial score (nSPS) is 14.3. The highest BCUT2D eigenvalue weighted by Crippen LogP contribution is 2.37. The van der Waals surface area contributed by atoms with Gasteiger partial charge >= 0.3 is 0 Å². The Morgan fingerprint density at radius 1 is 0.795 bits per heavy atom. The van der Waals surface area contributed by atoms with Crippen molar-refractivity contribution in [3.05, 3.63) is 132 Å². The van der Waals surface area contributed by atoms with Gasteiger partial charge in [0.15, 0.2) is 0 Å². The molecule has 1 atom stereocenters. The summed E-state index contributed by atoms with van der Waals surface area (Å²) in [6.07, 6.45) is 2.62. The van der Waals surface area contributed by atoms with E-state index in [1.807, 2.05) is 53.4 Å². The first-order valence-corrected chi connectivity index (χ1v) is 13.5. The van der Waals surface area contributed by atoms with Gasteiger partial charge in [-0.05, 0) is 47.0 Å². The van der Waals surface area contributed by atoms with Gasteiger partial charge in [-0.15, -0.1) is 0 Å². The van der Waals surface area contributed by atoms with Crippen LogP contribution in [0.4, 0.5) is 0 Å². The molecule has 1 fully saturated rings. The molecule has 0 unspecified atom stereocenters. The molecule has 0 aliphatic carbocycles. The fraction of sp³-hybridized carbons (Fsp3) is 0.206. The van der Waals surface area contributed by atoms with Gasteiger partial charge in [0.05, 0.1) is 13.2 Å². The molecule has 0 radical (unpaired) electrons. The number of hydrogen-bond donors (Lipinski definition) is 0. The summed E-state index contributed by atoms with van der Waals surface area (Å²) in [5.41, 5.74) is 4.62. The van der Waals surface area contributed by atoms with Gasteiger partial charge in [0.1, 0.15) is 11.5 Å².